The van der Waals surface area contributed by atoms with Crippen molar-refractivity contribution in [2.24, 2.45) is 0 Å². The molecule has 2 heterocycles. The minimum absolute atomic E-state index is 0.140. The van der Waals surface area contributed by atoms with Gasteiger partial charge in [-0.25, -0.2) is 15.0 Å². The quantitative estimate of drug-likeness (QED) is 0.479. The minimum Gasteiger partial charge on any atom is -0.294 e. The van der Waals surface area contributed by atoms with Crippen molar-refractivity contribution in [1.82, 2.24) is 19.9 Å². The molecule has 0 bridgehead atoms. The molecular weight excluding hydrogens is 374 g/mol. The maximum atomic E-state index is 12.8. The standard InChI is InChI=1S/C24H25N5O/c1-4-9-18-21(17-10-7-6-8-11-17)27-24(28-22(18)30)29-23-25-15(3)19-14-16(5-2)12-13-20(19)26-23/h6-8,10-14H,4-5,9H2,1-3H3,(H2,25,26,27,28,29,30). The number of aromatic amines is 1. The highest BCUT2D eigenvalue weighted by molar-refractivity contribution is 5.82. The molecule has 2 aromatic heterocycles. The van der Waals surface area contributed by atoms with Gasteiger partial charge in [-0.2, -0.15) is 0 Å². The number of benzene rings is 2. The number of fused-ring (bicyclic) bond motifs is 1. The van der Waals surface area contributed by atoms with Crippen molar-refractivity contribution in [3.8, 4) is 11.3 Å². The van der Waals surface area contributed by atoms with Gasteiger partial charge in [-0.3, -0.25) is 15.1 Å². The molecule has 2 N–H and O–H groups in total. The van der Waals surface area contributed by atoms with Gasteiger partial charge in [0.1, 0.15) is 0 Å². The van der Waals surface area contributed by atoms with Crippen LogP contribution in [0.4, 0.5) is 11.9 Å². The Morgan fingerprint density at radius 2 is 1.80 bits per heavy atom. The number of rotatable bonds is 6. The number of nitrogens with zero attached hydrogens (tertiary/aromatic N) is 3. The average molecular weight is 399 g/mol. The van der Waals surface area contributed by atoms with E-state index in [4.69, 9.17) is 4.98 Å². The first kappa shape index (κ1) is 19.8. The number of hydrogen-bond donors (Lipinski definition) is 2. The van der Waals surface area contributed by atoms with Gasteiger partial charge < -0.3 is 0 Å². The Morgan fingerprint density at radius 1 is 1.00 bits per heavy atom. The second-order valence-corrected chi connectivity index (χ2v) is 7.32. The summed E-state index contributed by atoms with van der Waals surface area (Å²) in [6.45, 7) is 6.14. The van der Waals surface area contributed by atoms with Crippen LogP contribution in [-0.4, -0.2) is 19.9 Å². The fourth-order valence-corrected chi connectivity index (χ4v) is 3.58. The molecule has 0 fully saturated rings. The van der Waals surface area contributed by atoms with Crippen molar-refractivity contribution in [3.63, 3.8) is 0 Å². The molecule has 6 nitrogen and oxygen atoms in total. The molecule has 4 aromatic rings. The van der Waals surface area contributed by atoms with Crippen LogP contribution in [0.15, 0.2) is 53.3 Å². The summed E-state index contributed by atoms with van der Waals surface area (Å²) in [5.41, 5.74) is 5.14. The molecular formula is C24H25N5O. The Balaban J connectivity index is 1.76. The van der Waals surface area contributed by atoms with E-state index in [-0.39, 0.29) is 5.56 Å². The second-order valence-electron chi connectivity index (χ2n) is 7.32. The van der Waals surface area contributed by atoms with E-state index in [1.165, 1.54) is 5.56 Å². The summed E-state index contributed by atoms with van der Waals surface area (Å²) in [7, 11) is 0. The smallest absolute Gasteiger partial charge is 0.256 e. The zero-order valence-corrected chi connectivity index (χ0v) is 17.5. The van der Waals surface area contributed by atoms with Crippen LogP contribution in [0.25, 0.3) is 22.2 Å². The number of anilines is 2. The van der Waals surface area contributed by atoms with Gasteiger partial charge >= 0.3 is 0 Å². The Labute approximate surface area is 175 Å². The van der Waals surface area contributed by atoms with Crippen molar-refractivity contribution >= 4 is 22.8 Å². The van der Waals surface area contributed by atoms with E-state index in [1.807, 2.05) is 43.3 Å². The maximum Gasteiger partial charge on any atom is 0.256 e. The van der Waals surface area contributed by atoms with Gasteiger partial charge in [0.05, 0.1) is 16.9 Å². The molecule has 0 saturated heterocycles. The van der Waals surface area contributed by atoms with Crippen molar-refractivity contribution in [1.29, 1.82) is 0 Å². The summed E-state index contributed by atoms with van der Waals surface area (Å²) < 4.78 is 0. The van der Waals surface area contributed by atoms with Crippen LogP contribution in [0.3, 0.4) is 0 Å². The van der Waals surface area contributed by atoms with Gasteiger partial charge in [-0.05, 0) is 37.5 Å². The number of H-pyrrole nitrogens is 1. The molecule has 0 aliphatic rings. The molecule has 0 aliphatic carbocycles. The lowest BCUT2D eigenvalue weighted by molar-refractivity contribution is 0.889. The van der Waals surface area contributed by atoms with Gasteiger partial charge in [0.15, 0.2) is 0 Å². The summed E-state index contributed by atoms with van der Waals surface area (Å²) >= 11 is 0. The largest absolute Gasteiger partial charge is 0.294 e. The monoisotopic (exact) mass is 399 g/mol. The molecule has 0 radical (unpaired) electrons. The van der Waals surface area contributed by atoms with Crippen LogP contribution < -0.4 is 10.9 Å². The predicted octanol–water partition coefficient (Wildman–Crippen LogP) is 4.95. The lowest BCUT2D eigenvalue weighted by Gasteiger charge is -2.12. The van der Waals surface area contributed by atoms with Crippen molar-refractivity contribution in [2.45, 2.75) is 40.0 Å². The average Bonchev–Trinajstić information content (AvgIpc) is 2.76. The summed E-state index contributed by atoms with van der Waals surface area (Å²) in [5.74, 6) is 0.747. The van der Waals surface area contributed by atoms with Gasteiger partial charge in [-0.1, -0.05) is 56.7 Å². The topological polar surface area (TPSA) is 83.6 Å². The molecule has 0 amide bonds. The van der Waals surface area contributed by atoms with Crippen LogP contribution in [0.1, 0.15) is 37.1 Å². The Morgan fingerprint density at radius 3 is 2.53 bits per heavy atom. The molecule has 30 heavy (non-hydrogen) atoms. The molecule has 152 valence electrons. The van der Waals surface area contributed by atoms with E-state index in [0.29, 0.717) is 29.6 Å². The van der Waals surface area contributed by atoms with Crippen molar-refractivity contribution in [2.75, 3.05) is 5.32 Å². The van der Waals surface area contributed by atoms with Crippen LogP contribution in [0, 0.1) is 6.92 Å². The number of aryl methyl sites for hydroxylation is 2. The van der Waals surface area contributed by atoms with E-state index in [1.54, 1.807) is 0 Å². The van der Waals surface area contributed by atoms with E-state index in [0.717, 1.165) is 35.0 Å². The van der Waals surface area contributed by atoms with E-state index >= 15 is 0 Å². The predicted molar refractivity (Wildman–Crippen MR) is 121 cm³/mol. The summed E-state index contributed by atoms with van der Waals surface area (Å²) in [5, 5.41) is 4.13. The molecule has 0 atom stereocenters. The zero-order valence-electron chi connectivity index (χ0n) is 17.5. The maximum absolute atomic E-state index is 12.8. The van der Waals surface area contributed by atoms with E-state index in [9.17, 15) is 4.79 Å². The lowest BCUT2D eigenvalue weighted by Crippen LogP contribution is -2.18. The Kier molecular flexibility index (Phi) is 5.57. The molecule has 4 rings (SSSR count). The first-order valence-electron chi connectivity index (χ1n) is 10.3. The fraction of sp³-hybridized carbons (Fsp3) is 0.250. The third-order valence-electron chi connectivity index (χ3n) is 5.15. The van der Waals surface area contributed by atoms with Gasteiger partial charge in [-0.15, -0.1) is 0 Å². The summed E-state index contributed by atoms with van der Waals surface area (Å²) in [6.07, 6.45) is 2.50. The van der Waals surface area contributed by atoms with Crippen LogP contribution in [0.2, 0.25) is 0 Å². The summed E-state index contributed by atoms with van der Waals surface area (Å²) in [6, 6.07) is 16.0. The molecule has 0 aliphatic heterocycles. The highest BCUT2D eigenvalue weighted by Crippen LogP contribution is 2.23. The van der Waals surface area contributed by atoms with Gasteiger partial charge in [0.25, 0.3) is 5.56 Å². The molecule has 0 unspecified atom stereocenters. The number of nitrogens with one attached hydrogen (secondary N) is 2. The fourth-order valence-electron chi connectivity index (χ4n) is 3.58. The van der Waals surface area contributed by atoms with Gasteiger partial charge in [0, 0.05) is 16.5 Å². The number of hydrogen-bond acceptors (Lipinski definition) is 5. The van der Waals surface area contributed by atoms with Crippen LogP contribution >= 0.6 is 0 Å². The minimum atomic E-state index is -0.140. The van der Waals surface area contributed by atoms with Crippen molar-refractivity contribution < 1.29 is 0 Å². The lowest BCUT2D eigenvalue weighted by atomic mass is 10.0. The second kappa shape index (κ2) is 8.45. The SMILES string of the molecule is CCCc1c(-c2ccccc2)nc(Nc2nc(C)c3cc(CC)ccc3n2)[nH]c1=O. The van der Waals surface area contributed by atoms with E-state index in [2.05, 4.69) is 46.2 Å². The third kappa shape index (κ3) is 3.94. The molecule has 0 spiro atoms. The highest BCUT2D eigenvalue weighted by Gasteiger charge is 2.14. The van der Waals surface area contributed by atoms with E-state index < -0.39 is 0 Å². The van der Waals surface area contributed by atoms with Crippen LogP contribution in [-0.2, 0) is 12.8 Å². The normalized spacial score (nSPS) is 11.0. The molecule has 0 saturated carbocycles. The highest BCUT2D eigenvalue weighted by atomic mass is 16.1. The first-order chi connectivity index (χ1) is 14.6. The van der Waals surface area contributed by atoms with Crippen LogP contribution in [0.5, 0.6) is 0 Å². The zero-order chi connectivity index (χ0) is 21.1. The first-order valence-corrected chi connectivity index (χ1v) is 10.3. The van der Waals surface area contributed by atoms with Crippen molar-refractivity contribution in [3.05, 3.63) is 75.7 Å². The number of aromatic nitrogens is 4. The molecule has 2 aromatic carbocycles. The Hall–Kier alpha value is -3.54. The Bertz CT molecular complexity index is 1250. The summed E-state index contributed by atoms with van der Waals surface area (Å²) in [4.78, 5) is 29.5. The third-order valence-corrected chi connectivity index (χ3v) is 5.15. The molecule has 6 heteroatoms. The van der Waals surface area contributed by atoms with Gasteiger partial charge in [0.2, 0.25) is 11.9 Å².